The standard InChI is InChI=1S/C33H37ClFN7O/c1-7-27(43)40-15-20(5)41(16-19(40)4)32-24-14-25(34)29(23-10-8-9-11-26(23)35)39-33(24)42(17-36-32)30-21(6)37-31(22-12-13-22)38-28(30)18(2)3/h7-11,14,18-20,22H,1,12-13,15-17H2,2-6H3/t19-,20+/m1/s1. The Morgan fingerprint density at radius 1 is 1.09 bits per heavy atom. The molecule has 2 aliphatic heterocycles. The zero-order chi connectivity index (χ0) is 30.6. The summed E-state index contributed by atoms with van der Waals surface area (Å²) in [4.78, 5) is 38.8. The van der Waals surface area contributed by atoms with Gasteiger partial charge < -0.3 is 14.7 Å². The smallest absolute Gasteiger partial charge is 0.246 e. The van der Waals surface area contributed by atoms with Gasteiger partial charge in [-0.25, -0.2) is 24.3 Å². The Balaban J connectivity index is 1.50. The van der Waals surface area contributed by atoms with Crippen molar-refractivity contribution in [2.24, 2.45) is 4.99 Å². The van der Waals surface area contributed by atoms with Crippen molar-refractivity contribution in [2.45, 2.75) is 71.4 Å². The van der Waals surface area contributed by atoms with Crippen LogP contribution in [0.2, 0.25) is 5.02 Å². The van der Waals surface area contributed by atoms with Crippen LogP contribution >= 0.6 is 11.6 Å². The van der Waals surface area contributed by atoms with Crippen molar-refractivity contribution in [3.05, 3.63) is 76.6 Å². The highest BCUT2D eigenvalue weighted by Gasteiger charge is 2.38. The van der Waals surface area contributed by atoms with Gasteiger partial charge in [0, 0.05) is 36.7 Å². The summed E-state index contributed by atoms with van der Waals surface area (Å²) in [5, 5.41) is 0.334. The number of hydrogen-bond donors (Lipinski definition) is 0. The Bertz CT molecular complexity index is 1640. The van der Waals surface area contributed by atoms with Gasteiger partial charge in [-0.05, 0) is 63.8 Å². The minimum Gasteiger partial charge on any atom is -0.350 e. The van der Waals surface area contributed by atoms with Crippen LogP contribution in [0.1, 0.15) is 75.1 Å². The first-order valence-corrected chi connectivity index (χ1v) is 15.3. The number of carbonyl (C=O) groups is 1. The van der Waals surface area contributed by atoms with Crippen LogP contribution in [0.3, 0.4) is 0 Å². The van der Waals surface area contributed by atoms with E-state index >= 15 is 4.39 Å². The fourth-order valence-corrected chi connectivity index (χ4v) is 6.37. The Hall–Kier alpha value is -3.85. The Morgan fingerprint density at radius 2 is 1.84 bits per heavy atom. The summed E-state index contributed by atoms with van der Waals surface area (Å²) in [7, 11) is 0. The van der Waals surface area contributed by atoms with Crippen LogP contribution < -0.4 is 4.90 Å². The molecule has 3 aliphatic rings. The molecule has 2 aromatic heterocycles. The third-order valence-corrected chi connectivity index (χ3v) is 8.81. The first-order valence-electron chi connectivity index (χ1n) is 14.9. The number of fused-ring (bicyclic) bond motifs is 1. The molecule has 1 amide bonds. The summed E-state index contributed by atoms with van der Waals surface area (Å²) in [6.07, 6.45) is 3.60. The lowest BCUT2D eigenvalue weighted by atomic mass is 10.0. The minimum atomic E-state index is -0.394. The zero-order valence-corrected chi connectivity index (χ0v) is 26.1. The molecule has 224 valence electrons. The van der Waals surface area contributed by atoms with E-state index in [1.165, 1.54) is 12.1 Å². The number of halogens is 2. The number of amidine groups is 1. The lowest BCUT2D eigenvalue weighted by Gasteiger charge is -2.46. The van der Waals surface area contributed by atoms with Gasteiger partial charge in [0.2, 0.25) is 5.91 Å². The predicted octanol–water partition coefficient (Wildman–Crippen LogP) is 6.60. The van der Waals surface area contributed by atoms with Crippen molar-refractivity contribution in [2.75, 3.05) is 24.7 Å². The van der Waals surface area contributed by atoms with Gasteiger partial charge in [-0.1, -0.05) is 44.2 Å². The van der Waals surface area contributed by atoms with Crippen molar-refractivity contribution < 1.29 is 9.18 Å². The molecule has 1 aromatic carbocycles. The van der Waals surface area contributed by atoms with E-state index in [4.69, 9.17) is 31.5 Å². The van der Waals surface area contributed by atoms with Crippen molar-refractivity contribution in [1.82, 2.24) is 24.8 Å². The van der Waals surface area contributed by atoms with E-state index in [1.54, 1.807) is 18.2 Å². The van der Waals surface area contributed by atoms with Crippen LogP contribution in [0.4, 0.5) is 15.9 Å². The molecule has 0 radical (unpaired) electrons. The van der Waals surface area contributed by atoms with Gasteiger partial charge >= 0.3 is 0 Å². The number of amides is 1. The first kappa shape index (κ1) is 29.2. The molecule has 6 rings (SSSR count). The number of anilines is 2. The third kappa shape index (κ3) is 5.28. The molecule has 0 bridgehead atoms. The van der Waals surface area contributed by atoms with Crippen LogP contribution in [-0.2, 0) is 4.79 Å². The predicted molar refractivity (Wildman–Crippen MR) is 169 cm³/mol. The van der Waals surface area contributed by atoms with E-state index in [2.05, 4.69) is 32.3 Å². The highest BCUT2D eigenvalue weighted by atomic mass is 35.5. The van der Waals surface area contributed by atoms with E-state index in [1.807, 2.05) is 29.7 Å². The van der Waals surface area contributed by atoms with Gasteiger partial charge in [-0.2, -0.15) is 0 Å². The third-order valence-electron chi connectivity index (χ3n) is 8.52. The summed E-state index contributed by atoms with van der Waals surface area (Å²) < 4.78 is 15.1. The summed E-state index contributed by atoms with van der Waals surface area (Å²) in [6.45, 7) is 15.5. The molecule has 8 nitrogen and oxygen atoms in total. The summed E-state index contributed by atoms with van der Waals surface area (Å²) in [5.41, 5.74) is 4.14. The molecule has 2 fully saturated rings. The second kappa shape index (κ2) is 11.3. The largest absolute Gasteiger partial charge is 0.350 e. The summed E-state index contributed by atoms with van der Waals surface area (Å²) >= 11 is 6.88. The Morgan fingerprint density at radius 3 is 2.51 bits per heavy atom. The molecule has 1 aliphatic carbocycles. The highest BCUT2D eigenvalue weighted by molar-refractivity contribution is 6.33. The minimum absolute atomic E-state index is 0.0163. The van der Waals surface area contributed by atoms with Crippen LogP contribution in [0.5, 0.6) is 0 Å². The molecular formula is C33H37ClFN7O. The number of nitrogens with zero attached hydrogens (tertiary/aromatic N) is 7. The maximum atomic E-state index is 15.1. The van der Waals surface area contributed by atoms with Gasteiger partial charge in [-0.15, -0.1) is 0 Å². The van der Waals surface area contributed by atoms with Gasteiger partial charge in [0.1, 0.15) is 30.0 Å². The molecule has 0 N–H and O–H groups in total. The zero-order valence-electron chi connectivity index (χ0n) is 25.3. The molecule has 2 atom stereocenters. The molecule has 4 heterocycles. The normalized spacial score (nSPS) is 20.3. The van der Waals surface area contributed by atoms with E-state index < -0.39 is 5.82 Å². The lowest BCUT2D eigenvalue weighted by molar-refractivity contribution is -0.130. The molecular weight excluding hydrogens is 565 g/mol. The highest BCUT2D eigenvalue weighted by Crippen LogP contribution is 2.44. The van der Waals surface area contributed by atoms with E-state index in [0.29, 0.717) is 41.1 Å². The van der Waals surface area contributed by atoms with Crippen LogP contribution in [0, 0.1) is 12.7 Å². The number of aliphatic imine (C=N–C) groups is 1. The Kier molecular flexibility index (Phi) is 7.71. The maximum Gasteiger partial charge on any atom is 0.246 e. The quantitative estimate of drug-likeness (QED) is 0.307. The fraction of sp³-hybridized carbons (Fsp3) is 0.424. The van der Waals surface area contributed by atoms with Crippen LogP contribution in [-0.4, -0.2) is 68.3 Å². The lowest BCUT2D eigenvalue weighted by Crippen LogP contribution is -2.59. The van der Waals surface area contributed by atoms with Crippen molar-refractivity contribution in [3.63, 3.8) is 0 Å². The number of aryl methyl sites for hydroxylation is 1. The van der Waals surface area contributed by atoms with Crippen molar-refractivity contribution in [3.8, 4) is 11.3 Å². The topological polar surface area (TPSA) is 77.8 Å². The van der Waals surface area contributed by atoms with E-state index in [-0.39, 0.29) is 30.6 Å². The molecule has 1 saturated carbocycles. The van der Waals surface area contributed by atoms with Gasteiger partial charge in [0.25, 0.3) is 0 Å². The van der Waals surface area contributed by atoms with E-state index in [9.17, 15) is 4.79 Å². The van der Waals surface area contributed by atoms with Gasteiger partial charge in [0.05, 0.1) is 33.4 Å². The number of rotatable bonds is 5. The van der Waals surface area contributed by atoms with Crippen LogP contribution in [0.15, 0.2) is 48.0 Å². The molecule has 43 heavy (non-hydrogen) atoms. The average molecular weight is 602 g/mol. The Labute approximate surface area is 257 Å². The fourth-order valence-electron chi connectivity index (χ4n) is 6.12. The van der Waals surface area contributed by atoms with Crippen molar-refractivity contribution >= 4 is 34.8 Å². The SMILES string of the molecule is C=CC(=O)N1C[C@H](C)N(C2=NCN(c3c(C)nc(C4CC4)nc3C(C)C)c3nc(-c4ccccc4F)c(Cl)cc32)C[C@H]1C. The summed E-state index contributed by atoms with van der Waals surface area (Å²) in [5.74, 6) is 2.37. The molecule has 0 unspecified atom stereocenters. The second-order valence-electron chi connectivity index (χ2n) is 12.1. The summed E-state index contributed by atoms with van der Waals surface area (Å²) in [6, 6.07) is 8.31. The van der Waals surface area contributed by atoms with E-state index in [0.717, 1.165) is 47.1 Å². The molecule has 3 aromatic rings. The first-order chi connectivity index (χ1) is 20.6. The molecule has 1 saturated heterocycles. The molecule has 10 heteroatoms. The monoisotopic (exact) mass is 601 g/mol. The maximum absolute atomic E-state index is 15.1. The number of aromatic nitrogens is 3. The molecule has 0 spiro atoms. The number of benzene rings is 1. The average Bonchev–Trinajstić information content (AvgIpc) is 3.83. The van der Waals surface area contributed by atoms with Gasteiger partial charge in [-0.3, -0.25) is 4.79 Å². The van der Waals surface area contributed by atoms with Gasteiger partial charge in [0.15, 0.2) is 0 Å². The van der Waals surface area contributed by atoms with Crippen molar-refractivity contribution in [1.29, 1.82) is 0 Å². The number of pyridine rings is 1. The van der Waals surface area contributed by atoms with Crippen LogP contribution in [0.25, 0.3) is 11.3 Å². The second-order valence-corrected chi connectivity index (χ2v) is 12.5. The number of carbonyl (C=O) groups excluding carboxylic acids is 1. The number of piperazine rings is 1. The number of hydrogen-bond acceptors (Lipinski definition) is 7.